The van der Waals surface area contributed by atoms with Crippen LogP contribution in [0.3, 0.4) is 0 Å². The van der Waals surface area contributed by atoms with Gasteiger partial charge >= 0.3 is 0 Å². The number of non-ortho nitro benzene ring substituents is 1. The molecule has 2 bridgehead atoms. The topological polar surface area (TPSA) is 84.6 Å². The largest absolute Gasteiger partial charge is 0.273 e. The van der Waals surface area contributed by atoms with Crippen LogP contribution in [0.25, 0.3) is 0 Å². The van der Waals surface area contributed by atoms with Crippen LogP contribution >= 0.6 is 0 Å². The van der Waals surface area contributed by atoms with E-state index in [4.69, 9.17) is 0 Å². The lowest BCUT2D eigenvalue weighted by atomic mass is 9.99. The van der Waals surface area contributed by atoms with E-state index in [1.165, 1.54) is 31.4 Å². The van der Waals surface area contributed by atoms with E-state index in [0.29, 0.717) is 5.92 Å². The minimum Gasteiger partial charge on any atom is -0.273 e. The highest BCUT2D eigenvalue weighted by atomic mass is 16.6. The first-order valence-corrected chi connectivity index (χ1v) is 7.20. The van der Waals surface area contributed by atoms with Crippen molar-refractivity contribution in [1.29, 1.82) is 0 Å². The van der Waals surface area contributed by atoms with Crippen molar-refractivity contribution < 1.29 is 9.72 Å². The molecule has 3 rings (SSSR count). The molecule has 0 radical (unpaired) electrons. The number of fused-ring (bicyclic) bond motifs is 2. The van der Waals surface area contributed by atoms with Crippen LogP contribution in [0.1, 0.15) is 31.2 Å². The van der Waals surface area contributed by atoms with E-state index in [1.807, 2.05) is 0 Å². The van der Waals surface area contributed by atoms with Crippen LogP contribution in [0.2, 0.25) is 0 Å². The number of nitrogens with one attached hydrogen (secondary N) is 1. The lowest BCUT2D eigenvalue weighted by Crippen LogP contribution is -2.23. The summed E-state index contributed by atoms with van der Waals surface area (Å²) in [5, 5.41) is 14.8. The van der Waals surface area contributed by atoms with Gasteiger partial charge in [0.05, 0.1) is 11.3 Å². The first-order chi connectivity index (χ1) is 10.1. The zero-order chi connectivity index (χ0) is 14.8. The Labute approximate surface area is 122 Å². The molecule has 6 nitrogen and oxygen atoms in total. The maximum absolute atomic E-state index is 11.8. The predicted octanol–water partition coefficient (Wildman–Crippen LogP) is 2.43. The number of nitro groups is 1. The molecule has 0 unspecified atom stereocenters. The summed E-state index contributed by atoms with van der Waals surface area (Å²) in [4.78, 5) is 21.9. The minimum atomic E-state index is -0.453. The zero-order valence-corrected chi connectivity index (χ0v) is 11.6. The van der Waals surface area contributed by atoms with E-state index in [-0.39, 0.29) is 18.0 Å². The Kier molecular flexibility index (Phi) is 3.68. The van der Waals surface area contributed by atoms with Gasteiger partial charge < -0.3 is 0 Å². The van der Waals surface area contributed by atoms with Crippen LogP contribution in [0.4, 0.5) is 5.69 Å². The molecular formula is C15H17N3O3. The number of carbonyl (C=O) groups is 1. The maximum atomic E-state index is 11.8. The summed E-state index contributed by atoms with van der Waals surface area (Å²) < 4.78 is 0. The lowest BCUT2D eigenvalue weighted by Gasteiger charge is -2.11. The standard InChI is InChI=1S/C15H17N3O3/c19-15(9-10-2-5-13(6-3-10)18(20)21)17-16-14-8-11-1-4-12(14)7-11/h2-3,5-6,11-12H,1,4,7-9H2,(H,17,19)/b16-14+/t11-,12+/m1/s1. The second-order valence-electron chi connectivity index (χ2n) is 5.82. The van der Waals surface area contributed by atoms with Gasteiger partial charge in [0.2, 0.25) is 5.91 Å². The van der Waals surface area contributed by atoms with Crippen molar-refractivity contribution in [3.63, 3.8) is 0 Å². The second-order valence-corrected chi connectivity index (χ2v) is 5.82. The lowest BCUT2D eigenvalue weighted by molar-refractivity contribution is -0.384. The van der Waals surface area contributed by atoms with E-state index in [0.717, 1.165) is 23.6 Å². The fourth-order valence-electron chi connectivity index (χ4n) is 3.26. The van der Waals surface area contributed by atoms with Crippen LogP contribution in [-0.4, -0.2) is 16.5 Å². The molecule has 1 aromatic carbocycles. The minimum absolute atomic E-state index is 0.0291. The molecule has 0 aliphatic heterocycles. The zero-order valence-electron chi connectivity index (χ0n) is 11.6. The Hall–Kier alpha value is -2.24. The van der Waals surface area contributed by atoms with Crippen LogP contribution in [0.15, 0.2) is 29.4 Å². The van der Waals surface area contributed by atoms with Gasteiger partial charge in [0.1, 0.15) is 0 Å². The number of carbonyl (C=O) groups excluding carboxylic acids is 1. The molecule has 6 heteroatoms. The van der Waals surface area contributed by atoms with Crippen molar-refractivity contribution in [3.8, 4) is 0 Å². The molecule has 110 valence electrons. The first kappa shape index (κ1) is 13.7. The average molecular weight is 287 g/mol. The van der Waals surface area contributed by atoms with Gasteiger partial charge in [-0.3, -0.25) is 14.9 Å². The summed E-state index contributed by atoms with van der Waals surface area (Å²) in [5.74, 6) is 1.15. The molecule has 2 fully saturated rings. The molecule has 2 aliphatic carbocycles. The van der Waals surface area contributed by atoms with E-state index in [2.05, 4.69) is 10.5 Å². The number of hydrazone groups is 1. The molecular weight excluding hydrogens is 270 g/mol. The van der Waals surface area contributed by atoms with Gasteiger partial charge in [0.25, 0.3) is 5.69 Å². The van der Waals surface area contributed by atoms with Gasteiger partial charge in [0, 0.05) is 17.8 Å². The first-order valence-electron chi connectivity index (χ1n) is 7.20. The average Bonchev–Trinajstić information content (AvgIpc) is 3.08. The SMILES string of the molecule is O=C(Cc1ccc([N+](=O)[O-])cc1)N/N=C1\C[C@@H]2CC[C@H]1C2. The number of hydrogen-bond acceptors (Lipinski definition) is 4. The highest BCUT2D eigenvalue weighted by molar-refractivity contribution is 5.91. The predicted molar refractivity (Wildman–Crippen MR) is 77.8 cm³/mol. The monoisotopic (exact) mass is 287 g/mol. The molecule has 0 saturated heterocycles. The van der Waals surface area contributed by atoms with E-state index < -0.39 is 4.92 Å². The Bertz CT molecular complexity index is 595. The van der Waals surface area contributed by atoms with Gasteiger partial charge in [-0.05, 0) is 43.1 Å². The summed E-state index contributed by atoms with van der Waals surface area (Å²) in [6, 6.07) is 6.01. The number of nitrogens with zero attached hydrogens (tertiary/aromatic N) is 2. The van der Waals surface area contributed by atoms with Crippen molar-refractivity contribution in [2.75, 3.05) is 0 Å². The highest BCUT2D eigenvalue weighted by Crippen LogP contribution is 2.42. The summed E-state index contributed by atoms with van der Waals surface area (Å²) >= 11 is 0. The van der Waals surface area contributed by atoms with E-state index in [9.17, 15) is 14.9 Å². The van der Waals surface area contributed by atoms with E-state index >= 15 is 0 Å². The third-order valence-electron chi connectivity index (χ3n) is 4.35. The van der Waals surface area contributed by atoms with Crippen LogP contribution < -0.4 is 5.43 Å². The Morgan fingerprint density at radius 1 is 1.33 bits per heavy atom. The third-order valence-corrected chi connectivity index (χ3v) is 4.35. The Morgan fingerprint density at radius 3 is 2.67 bits per heavy atom. The smallest absolute Gasteiger partial charge is 0.269 e. The number of benzene rings is 1. The van der Waals surface area contributed by atoms with Crippen LogP contribution in [0, 0.1) is 22.0 Å². The quantitative estimate of drug-likeness (QED) is 0.681. The van der Waals surface area contributed by atoms with Crippen molar-refractivity contribution in [3.05, 3.63) is 39.9 Å². The van der Waals surface area contributed by atoms with Crippen LogP contribution in [-0.2, 0) is 11.2 Å². The third kappa shape index (κ3) is 3.09. The normalized spacial score (nSPS) is 25.2. The van der Waals surface area contributed by atoms with Crippen molar-refractivity contribution in [2.45, 2.75) is 32.1 Å². The molecule has 21 heavy (non-hydrogen) atoms. The molecule has 1 aromatic rings. The van der Waals surface area contributed by atoms with Gasteiger partial charge in [-0.2, -0.15) is 5.10 Å². The molecule has 2 atom stereocenters. The van der Waals surface area contributed by atoms with Gasteiger partial charge in [-0.1, -0.05) is 12.1 Å². The van der Waals surface area contributed by atoms with Crippen molar-refractivity contribution in [2.24, 2.45) is 16.9 Å². The van der Waals surface area contributed by atoms with E-state index in [1.54, 1.807) is 12.1 Å². The fourth-order valence-corrected chi connectivity index (χ4v) is 3.26. The molecule has 2 saturated carbocycles. The van der Waals surface area contributed by atoms with Gasteiger partial charge in [-0.15, -0.1) is 0 Å². The Balaban J connectivity index is 1.54. The van der Waals surface area contributed by atoms with Crippen molar-refractivity contribution in [1.82, 2.24) is 5.43 Å². The van der Waals surface area contributed by atoms with Crippen molar-refractivity contribution >= 4 is 17.3 Å². The molecule has 1 amide bonds. The number of rotatable bonds is 4. The summed E-state index contributed by atoms with van der Waals surface area (Å²) in [5.41, 5.74) is 4.51. The highest BCUT2D eigenvalue weighted by Gasteiger charge is 2.36. The van der Waals surface area contributed by atoms with Gasteiger partial charge in [-0.25, -0.2) is 5.43 Å². The second kappa shape index (κ2) is 5.63. The number of amides is 1. The fraction of sp³-hybridized carbons (Fsp3) is 0.467. The molecule has 2 aliphatic rings. The maximum Gasteiger partial charge on any atom is 0.269 e. The molecule has 0 heterocycles. The number of hydrogen-bond donors (Lipinski definition) is 1. The molecule has 1 N–H and O–H groups in total. The molecule has 0 aromatic heterocycles. The van der Waals surface area contributed by atoms with Gasteiger partial charge in [0.15, 0.2) is 0 Å². The summed E-state index contributed by atoms with van der Waals surface area (Å²) in [7, 11) is 0. The number of nitro benzene ring substituents is 1. The molecule has 0 spiro atoms. The summed E-state index contributed by atoms with van der Waals surface area (Å²) in [6.45, 7) is 0. The van der Waals surface area contributed by atoms with Crippen LogP contribution in [0.5, 0.6) is 0 Å². The Morgan fingerprint density at radius 2 is 2.10 bits per heavy atom. The summed E-state index contributed by atoms with van der Waals surface area (Å²) in [6.07, 6.45) is 4.91.